The quantitative estimate of drug-likeness (QED) is 0.765. The first-order valence-corrected chi connectivity index (χ1v) is 5.36. The van der Waals surface area contributed by atoms with Gasteiger partial charge in [0.25, 0.3) is 0 Å². The Morgan fingerprint density at radius 3 is 3.08 bits per heavy atom. The fourth-order valence-electron chi connectivity index (χ4n) is 1.13. The highest BCUT2D eigenvalue weighted by molar-refractivity contribution is 9.10. The second-order valence-corrected chi connectivity index (χ2v) is 4.40. The van der Waals surface area contributed by atoms with Crippen LogP contribution in [0.2, 0.25) is 0 Å². The summed E-state index contributed by atoms with van der Waals surface area (Å²) in [7, 11) is 0. The molecule has 0 spiro atoms. The third-order valence-corrected chi connectivity index (χ3v) is 3.13. The van der Waals surface area contributed by atoms with Crippen molar-refractivity contribution in [3.8, 4) is 0 Å². The Kier molecular flexibility index (Phi) is 2.58. The number of halogens is 1. The van der Waals surface area contributed by atoms with Gasteiger partial charge in [0.2, 0.25) is 0 Å². The van der Waals surface area contributed by atoms with Crippen LogP contribution in [0.5, 0.6) is 0 Å². The van der Waals surface area contributed by atoms with Crippen molar-refractivity contribution < 1.29 is 0 Å². The molecule has 12 heavy (non-hydrogen) atoms. The van der Waals surface area contributed by atoms with Gasteiger partial charge in [0, 0.05) is 35.4 Å². The van der Waals surface area contributed by atoms with Gasteiger partial charge in [-0.15, -0.1) is 0 Å². The van der Waals surface area contributed by atoms with Gasteiger partial charge in [-0.25, -0.2) is 4.72 Å². The van der Waals surface area contributed by atoms with Gasteiger partial charge in [-0.2, -0.15) is 0 Å². The minimum atomic E-state index is 1.05. The van der Waals surface area contributed by atoms with Gasteiger partial charge < -0.3 is 4.31 Å². The summed E-state index contributed by atoms with van der Waals surface area (Å²) in [5.74, 6) is 0. The van der Waals surface area contributed by atoms with E-state index in [1.54, 1.807) is 12.1 Å². The van der Waals surface area contributed by atoms with Crippen molar-refractivity contribution in [3.05, 3.63) is 28.7 Å². The van der Waals surface area contributed by atoms with Crippen molar-refractivity contribution in [3.63, 3.8) is 0 Å². The van der Waals surface area contributed by atoms with Crippen molar-refractivity contribution in [2.75, 3.05) is 17.4 Å². The fourth-order valence-corrected chi connectivity index (χ4v) is 2.26. The van der Waals surface area contributed by atoms with E-state index in [2.05, 4.69) is 43.2 Å². The number of hydrogen-bond acceptors (Lipinski definition) is 3. The number of nitrogens with one attached hydrogen (secondary N) is 1. The molecule has 0 unspecified atom stereocenters. The molecular formula is C8H9BrN2S. The van der Waals surface area contributed by atoms with E-state index in [1.807, 2.05) is 6.07 Å². The van der Waals surface area contributed by atoms with Crippen molar-refractivity contribution in [2.45, 2.75) is 0 Å². The molecule has 1 N–H and O–H groups in total. The lowest BCUT2D eigenvalue weighted by atomic mass is 10.3. The number of anilines is 1. The van der Waals surface area contributed by atoms with Crippen molar-refractivity contribution in [1.82, 2.24) is 4.72 Å². The molecular weight excluding hydrogens is 236 g/mol. The molecule has 2 nitrogen and oxygen atoms in total. The molecule has 1 fully saturated rings. The highest BCUT2D eigenvalue weighted by Crippen LogP contribution is 2.25. The average molecular weight is 245 g/mol. The molecule has 1 aliphatic heterocycles. The second-order valence-electron chi connectivity index (χ2n) is 2.57. The van der Waals surface area contributed by atoms with Crippen LogP contribution >= 0.6 is 28.1 Å². The van der Waals surface area contributed by atoms with Crippen molar-refractivity contribution in [2.24, 2.45) is 0 Å². The molecule has 0 radical (unpaired) electrons. The monoisotopic (exact) mass is 244 g/mol. The largest absolute Gasteiger partial charge is 0.302 e. The summed E-state index contributed by atoms with van der Waals surface area (Å²) in [6.45, 7) is 2.12. The Balaban J connectivity index is 2.21. The molecule has 0 saturated carbocycles. The molecule has 64 valence electrons. The lowest BCUT2D eigenvalue weighted by molar-refractivity contribution is 0.979. The highest BCUT2D eigenvalue weighted by atomic mass is 79.9. The molecule has 1 aromatic carbocycles. The predicted molar refractivity (Wildman–Crippen MR) is 57.1 cm³/mol. The van der Waals surface area contributed by atoms with Crippen LogP contribution in [0.1, 0.15) is 0 Å². The van der Waals surface area contributed by atoms with Gasteiger partial charge in [-0.1, -0.05) is 22.0 Å². The maximum Gasteiger partial charge on any atom is 0.0493 e. The van der Waals surface area contributed by atoms with Gasteiger partial charge >= 0.3 is 0 Å². The summed E-state index contributed by atoms with van der Waals surface area (Å²) in [6, 6.07) is 8.33. The van der Waals surface area contributed by atoms with Crippen LogP contribution in [-0.2, 0) is 0 Å². The molecule has 4 heteroatoms. The van der Waals surface area contributed by atoms with Gasteiger partial charge in [0.1, 0.15) is 0 Å². The molecule has 1 saturated heterocycles. The second kappa shape index (κ2) is 3.68. The van der Waals surface area contributed by atoms with Gasteiger partial charge in [-0.3, -0.25) is 0 Å². The first-order chi connectivity index (χ1) is 5.86. The van der Waals surface area contributed by atoms with Crippen LogP contribution in [-0.4, -0.2) is 13.1 Å². The number of nitrogens with zero attached hydrogens (tertiary/aromatic N) is 1. The van der Waals surface area contributed by atoms with E-state index < -0.39 is 0 Å². The van der Waals surface area contributed by atoms with Crippen molar-refractivity contribution in [1.29, 1.82) is 0 Å². The van der Waals surface area contributed by atoms with Gasteiger partial charge in [0.05, 0.1) is 0 Å². The molecule has 0 bridgehead atoms. The standard InChI is InChI=1S/C8H9BrN2S/c9-7-2-1-3-8(6-7)11-5-4-10-12-11/h1-3,6,10H,4-5H2. The topological polar surface area (TPSA) is 15.3 Å². The first kappa shape index (κ1) is 8.41. The molecule has 1 aliphatic rings. The van der Waals surface area contributed by atoms with Crippen LogP contribution < -0.4 is 9.03 Å². The van der Waals surface area contributed by atoms with E-state index in [4.69, 9.17) is 0 Å². The Hall–Kier alpha value is -0.190. The van der Waals surface area contributed by atoms with Crippen LogP contribution in [0, 0.1) is 0 Å². The zero-order valence-corrected chi connectivity index (χ0v) is 8.86. The van der Waals surface area contributed by atoms with E-state index in [0.29, 0.717) is 0 Å². The molecule has 1 aromatic rings. The zero-order valence-electron chi connectivity index (χ0n) is 6.46. The smallest absolute Gasteiger partial charge is 0.0493 e. The maximum atomic E-state index is 3.45. The number of hydrogen-bond donors (Lipinski definition) is 1. The SMILES string of the molecule is Brc1cccc(N2CCNS2)c1. The van der Waals surface area contributed by atoms with Crippen LogP contribution in [0.3, 0.4) is 0 Å². The molecule has 2 rings (SSSR count). The third-order valence-electron chi connectivity index (χ3n) is 1.69. The van der Waals surface area contributed by atoms with Gasteiger partial charge in [0.15, 0.2) is 0 Å². The first-order valence-electron chi connectivity index (χ1n) is 3.79. The van der Waals surface area contributed by atoms with Crippen LogP contribution in [0.4, 0.5) is 5.69 Å². The summed E-state index contributed by atoms with van der Waals surface area (Å²) in [5.41, 5.74) is 1.25. The summed E-state index contributed by atoms with van der Waals surface area (Å²) >= 11 is 5.12. The summed E-state index contributed by atoms with van der Waals surface area (Å²) in [5, 5.41) is 0. The Morgan fingerprint density at radius 1 is 1.50 bits per heavy atom. The number of rotatable bonds is 1. The Morgan fingerprint density at radius 2 is 2.42 bits per heavy atom. The third kappa shape index (κ3) is 1.76. The predicted octanol–water partition coefficient (Wildman–Crippen LogP) is 2.42. The van der Waals surface area contributed by atoms with E-state index in [9.17, 15) is 0 Å². The van der Waals surface area contributed by atoms with Crippen LogP contribution in [0.15, 0.2) is 28.7 Å². The average Bonchev–Trinajstić information content (AvgIpc) is 2.56. The lowest BCUT2D eigenvalue weighted by Gasteiger charge is -2.14. The molecule has 0 aliphatic carbocycles. The summed E-state index contributed by atoms with van der Waals surface area (Å²) in [4.78, 5) is 0. The maximum absolute atomic E-state index is 3.45. The van der Waals surface area contributed by atoms with Crippen LogP contribution in [0.25, 0.3) is 0 Å². The minimum Gasteiger partial charge on any atom is -0.302 e. The minimum absolute atomic E-state index is 1.05. The van der Waals surface area contributed by atoms with E-state index in [1.165, 1.54) is 5.69 Å². The molecule has 0 amide bonds. The summed E-state index contributed by atoms with van der Waals surface area (Å²) < 4.78 is 6.59. The van der Waals surface area contributed by atoms with E-state index >= 15 is 0 Å². The molecule has 0 atom stereocenters. The fraction of sp³-hybridized carbons (Fsp3) is 0.250. The molecule has 0 aromatic heterocycles. The number of benzene rings is 1. The zero-order chi connectivity index (χ0) is 8.39. The molecule has 1 heterocycles. The van der Waals surface area contributed by atoms with E-state index in [0.717, 1.165) is 17.6 Å². The Bertz CT molecular complexity index is 274. The normalized spacial score (nSPS) is 16.9. The summed E-state index contributed by atoms with van der Waals surface area (Å²) in [6.07, 6.45) is 0. The van der Waals surface area contributed by atoms with E-state index in [-0.39, 0.29) is 0 Å². The Labute approximate surface area is 84.7 Å². The highest BCUT2D eigenvalue weighted by Gasteiger charge is 2.12. The van der Waals surface area contributed by atoms with Gasteiger partial charge in [-0.05, 0) is 18.2 Å². The van der Waals surface area contributed by atoms with Crippen molar-refractivity contribution >= 4 is 33.8 Å². The lowest BCUT2D eigenvalue weighted by Crippen LogP contribution is -2.09.